The van der Waals surface area contributed by atoms with E-state index < -0.39 is 16.1 Å². The lowest BCUT2D eigenvalue weighted by molar-refractivity contribution is 0.199. The van der Waals surface area contributed by atoms with Gasteiger partial charge in [-0.2, -0.15) is 4.98 Å². The standard InChI is InChI=1S/C12H15N3O4S/c1-8(16)10-4-3-5-11(6-10)20(17,18)13-7-12-14-9(2)15-19-12/h3-6,8,13,16H,7H2,1-2H3. The second kappa shape index (κ2) is 5.70. The van der Waals surface area contributed by atoms with Crippen molar-refractivity contribution in [3.63, 3.8) is 0 Å². The second-order valence-electron chi connectivity index (χ2n) is 4.31. The highest BCUT2D eigenvalue weighted by Crippen LogP contribution is 2.17. The third kappa shape index (κ3) is 3.41. The van der Waals surface area contributed by atoms with Gasteiger partial charge in [-0.3, -0.25) is 0 Å². The minimum absolute atomic E-state index is 0.0761. The minimum Gasteiger partial charge on any atom is -0.389 e. The van der Waals surface area contributed by atoms with Crippen molar-refractivity contribution in [2.75, 3.05) is 0 Å². The summed E-state index contributed by atoms with van der Waals surface area (Å²) in [5, 5.41) is 13.0. The molecule has 2 rings (SSSR count). The highest BCUT2D eigenvalue weighted by atomic mass is 32.2. The Hall–Kier alpha value is -1.77. The van der Waals surface area contributed by atoms with Gasteiger partial charge in [0.15, 0.2) is 5.82 Å². The molecule has 0 bridgehead atoms. The van der Waals surface area contributed by atoms with Gasteiger partial charge in [0.2, 0.25) is 15.9 Å². The van der Waals surface area contributed by atoms with E-state index in [2.05, 4.69) is 14.9 Å². The summed E-state index contributed by atoms with van der Waals surface area (Å²) in [6.45, 7) is 3.13. The van der Waals surface area contributed by atoms with Gasteiger partial charge in [-0.15, -0.1) is 0 Å². The van der Waals surface area contributed by atoms with Crippen LogP contribution < -0.4 is 4.72 Å². The van der Waals surface area contributed by atoms with E-state index in [1.807, 2.05) is 0 Å². The van der Waals surface area contributed by atoms with Gasteiger partial charge in [0.25, 0.3) is 0 Å². The van der Waals surface area contributed by atoms with E-state index in [1.165, 1.54) is 12.1 Å². The van der Waals surface area contributed by atoms with Crippen molar-refractivity contribution in [1.82, 2.24) is 14.9 Å². The predicted molar refractivity (Wildman–Crippen MR) is 70.1 cm³/mol. The molecule has 1 unspecified atom stereocenters. The Morgan fingerprint density at radius 3 is 2.80 bits per heavy atom. The maximum Gasteiger partial charge on any atom is 0.241 e. The van der Waals surface area contributed by atoms with E-state index in [9.17, 15) is 13.5 Å². The smallest absolute Gasteiger partial charge is 0.241 e. The molecule has 20 heavy (non-hydrogen) atoms. The molecule has 1 aromatic carbocycles. The Balaban J connectivity index is 2.15. The molecule has 1 atom stereocenters. The lowest BCUT2D eigenvalue weighted by Gasteiger charge is -2.08. The number of hydrogen-bond donors (Lipinski definition) is 2. The molecule has 108 valence electrons. The van der Waals surface area contributed by atoms with E-state index >= 15 is 0 Å². The number of nitrogens with one attached hydrogen (secondary N) is 1. The largest absolute Gasteiger partial charge is 0.389 e. The molecule has 0 aliphatic rings. The van der Waals surface area contributed by atoms with Crippen LogP contribution in [-0.4, -0.2) is 23.7 Å². The Kier molecular flexibility index (Phi) is 4.17. The maximum atomic E-state index is 12.1. The molecule has 0 radical (unpaired) electrons. The summed E-state index contributed by atoms with van der Waals surface area (Å²) in [4.78, 5) is 3.98. The Morgan fingerprint density at radius 1 is 1.45 bits per heavy atom. The van der Waals surface area contributed by atoms with Crippen molar-refractivity contribution < 1.29 is 18.0 Å². The zero-order chi connectivity index (χ0) is 14.8. The van der Waals surface area contributed by atoms with Gasteiger partial charge in [0.1, 0.15) is 0 Å². The fraction of sp³-hybridized carbons (Fsp3) is 0.333. The van der Waals surface area contributed by atoms with Gasteiger partial charge in [-0.05, 0) is 31.5 Å². The molecule has 2 aromatic rings. The monoisotopic (exact) mass is 297 g/mol. The molecule has 1 aromatic heterocycles. The van der Waals surface area contributed by atoms with Crippen LogP contribution in [0.1, 0.15) is 30.3 Å². The first-order valence-corrected chi connectivity index (χ1v) is 7.43. The quantitative estimate of drug-likeness (QED) is 0.849. The molecule has 2 N–H and O–H groups in total. The van der Waals surface area contributed by atoms with Crippen molar-refractivity contribution in [3.05, 3.63) is 41.5 Å². The third-order valence-corrected chi connectivity index (χ3v) is 4.03. The summed E-state index contributed by atoms with van der Waals surface area (Å²) in [6.07, 6.45) is -0.733. The van der Waals surface area contributed by atoms with Crippen LogP contribution in [0, 0.1) is 6.92 Å². The number of hydrogen-bond acceptors (Lipinski definition) is 6. The van der Waals surface area contributed by atoms with Crippen molar-refractivity contribution in [3.8, 4) is 0 Å². The number of aryl methyl sites for hydroxylation is 1. The van der Waals surface area contributed by atoms with Crippen molar-refractivity contribution in [2.45, 2.75) is 31.4 Å². The van der Waals surface area contributed by atoms with Gasteiger partial charge in [0.05, 0.1) is 17.5 Å². The fourth-order valence-electron chi connectivity index (χ4n) is 1.59. The number of aromatic nitrogens is 2. The molecule has 7 nitrogen and oxygen atoms in total. The minimum atomic E-state index is -3.69. The van der Waals surface area contributed by atoms with Gasteiger partial charge < -0.3 is 9.63 Å². The highest BCUT2D eigenvalue weighted by molar-refractivity contribution is 7.89. The number of rotatable bonds is 5. The van der Waals surface area contributed by atoms with E-state index in [0.29, 0.717) is 11.4 Å². The van der Waals surface area contributed by atoms with Crippen LogP contribution in [0.2, 0.25) is 0 Å². The summed E-state index contributed by atoms with van der Waals surface area (Å²) >= 11 is 0. The lowest BCUT2D eigenvalue weighted by atomic mass is 10.1. The first-order chi connectivity index (χ1) is 9.38. The molecule has 8 heteroatoms. The van der Waals surface area contributed by atoms with Crippen LogP contribution in [0.5, 0.6) is 0 Å². The molecule has 0 fully saturated rings. The first kappa shape index (κ1) is 14.6. The van der Waals surface area contributed by atoms with Gasteiger partial charge in [-0.1, -0.05) is 17.3 Å². The summed E-state index contributed by atoms with van der Waals surface area (Å²) in [5.41, 5.74) is 0.529. The molecule has 0 aliphatic heterocycles. The van der Waals surface area contributed by atoms with E-state index in [0.717, 1.165) is 0 Å². The number of benzene rings is 1. The number of sulfonamides is 1. The lowest BCUT2D eigenvalue weighted by Crippen LogP contribution is -2.23. The topological polar surface area (TPSA) is 105 Å². The number of aliphatic hydroxyl groups excluding tert-OH is 1. The summed E-state index contributed by atoms with van der Waals surface area (Å²) in [7, 11) is -3.69. The second-order valence-corrected chi connectivity index (χ2v) is 6.08. The zero-order valence-corrected chi connectivity index (χ0v) is 11.9. The summed E-state index contributed by atoms with van der Waals surface area (Å²) in [6, 6.07) is 6.11. The average Bonchev–Trinajstić information content (AvgIpc) is 2.82. The van der Waals surface area contributed by atoms with Crippen LogP contribution in [-0.2, 0) is 16.6 Å². The van der Waals surface area contributed by atoms with Gasteiger partial charge in [0, 0.05) is 0 Å². The van der Waals surface area contributed by atoms with Gasteiger partial charge >= 0.3 is 0 Å². The summed E-state index contributed by atoms with van der Waals surface area (Å²) < 4.78 is 31.4. The Labute approximate surface area is 116 Å². The molecule has 1 heterocycles. The SMILES string of the molecule is Cc1noc(CNS(=O)(=O)c2cccc(C(C)O)c2)n1. The number of nitrogens with zero attached hydrogens (tertiary/aromatic N) is 2. The van der Waals surface area contributed by atoms with Crippen LogP contribution in [0.3, 0.4) is 0 Å². The summed E-state index contributed by atoms with van der Waals surface area (Å²) in [5.74, 6) is 0.632. The van der Waals surface area contributed by atoms with Crippen molar-refractivity contribution >= 4 is 10.0 Å². The molecular formula is C12H15N3O4S. The normalized spacial score (nSPS) is 13.3. The highest BCUT2D eigenvalue weighted by Gasteiger charge is 2.16. The molecule has 0 saturated heterocycles. The third-order valence-electron chi connectivity index (χ3n) is 2.63. The molecule has 0 amide bonds. The number of aliphatic hydroxyl groups is 1. The van der Waals surface area contributed by atoms with Crippen LogP contribution in [0.4, 0.5) is 0 Å². The van der Waals surface area contributed by atoms with Crippen molar-refractivity contribution in [1.29, 1.82) is 0 Å². The van der Waals surface area contributed by atoms with Crippen LogP contribution >= 0.6 is 0 Å². The van der Waals surface area contributed by atoms with E-state index in [1.54, 1.807) is 26.0 Å². The van der Waals surface area contributed by atoms with Crippen LogP contribution in [0.25, 0.3) is 0 Å². The Morgan fingerprint density at radius 2 is 2.20 bits per heavy atom. The van der Waals surface area contributed by atoms with Gasteiger partial charge in [-0.25, -0.2) is 13.1 Å². The molecule has 0 spiro atoms. The fourth-order valence-corrected chi connectivity index (χ4v) is 2.62. The average molecular weight is 297 g/mol. The molecular weight excluding hydrogens is 282 g/mol. The van der Waals surface area contributed by atoms with E-state index in [4.69, 9.17) is 4.52 Å². The van der Waals surface area contributed by atoms with E-state index in [-0.39, 0.29) is 17.3 Å². The molecule has 0 saturated carbocycles. The maximum absolute atomic E-state index is 12.1. The zero-order valence-electron chi connectivity index (χ0n) is 11.1. The Bertz CT molecular complexity index is 694. The van der Waals surface area contributed by atoms with Crippen LogP contribution in [0.15, 0.2) is 33.7 Å². The molecule has 0 aliphatic carbocycles. The predicted octanol–water partition coefficient (Wildman–Crippen LogP) is 0.910. The van der Waals surface area contributed by atoms with Crippen molar-refractivity contribution in [2.24, 2.45) is 0 Å². The first-order valence-electron chi connectivity index (χ1n) is 5.95.